The molecule has 0 saturated carbocycles. The second-order valence-electron chi connectivity index (χ2n) is 6.93. The molecule has 28 heavy (non-hydrogen) atoms. The van der Waals surface area contributed by atoms with E-state index in [9.17, 15) is 4.79 Å². The molecule has 0 aromatic carbocycles. The summed E-state index contributed by atoms with van der Waals surface area (Å²) in [6.07, 6.45) is 4.30. The van der Waals surface area contributed by atoms with Crippen LogP contribution in [0.4, 0.5) is 5.95 Å². The average molecular weight is 384 g/mol. The van der Waals surface area contributed by atoms with Crippen LogP contribution in [0.25, 0.3) is 0 Å². The van der Waals surface area contributed by atoms with Crippen molar-refractivity contribution in [1.82, 2.24) is 24.8 Å². The predicted octanol–water partition coefficient (Wildman–Crippen LogP) is 1.24. The van der Waals surface area contributed by atoms with Crippen molar-refractivity contribution >= 4 is 11.9 Å². The van der Waals surface area contributed by atoms with Gasteiger partial charge in [-0.3, -0.25) is 14.7 Å². The fraction of sp³-hybridized carbons (Fsp3) is 0.500. The van der Waals surface area contributed by atoms with Crippen LogP contribution in [0.3, 0.4) is 0 Å². The number of hydrogen-bond donors (Lipinski definition) is 1. The highest BCUT2D eigenvalue weighted by Crippen LogP contribution is 2.09. The molecule has 1 fully saturated rings. The van der Waals surface area contributed by atoms with E-state index in [-0.39, 0.29) is 5.91 Å². The molecule has 0 bridgehead atoms. The minimum Gasteiger partial charge on any atom is -0.379 e. The van der Waals surface area contributed by atoms with Gasteiger partial charge in [0.15, 0.2) is 0 Å². The molecule has 8 heteroatoms. The second kappa shape index (κ2) is 10.1. The molecule has 8 nitrogen and oxygen atoms in total. The number of nitrogens with one attached hydrogen (secondary N) is 1. The number of rotatable bonds is 8. The van der Waals surface area contributed by atoms with Gasteiger partial charge in [-0.1, -0.05) is 0 Å². The number of morpholine rings is 1. The normalized spacial score (nSPS) is 14.6. The molecule has 150 valence electrons. The molecule has 1 N–H and O–H groups in total. The van der Waals surface area contributed by atoms with Crippen LogP contribution < -0.4 is 5.32 Å². The molecule has 1 saturated heterocycles. The molecule has 3 heterocycles. The summed E-state index contributed by atoms with van der Waals surface area (Å²) in [5.41, 5.74) is 2.34. The van der Waals surface area contributed by atoms with Crippen LogP contribution in [0.15, 0.2) is 30.6 Å². The third-order valence-electron chi connectivity index (χ3n) is 4.72. The summed E-state index contributed by atoms with van der Waals surface area (Å²) in [4.78, 5) is 29.6. The summed E-state index contributed by atoms with van der Waals surface area (Å²) >= 11 is 0. The number of hydrogen-bond acceptors (Lipinski definition) is 7. The zero-order valence-corrected chi connectivity index (χ0v) is 16.6. The highest BCUT2D eigenvalue weighted by molar-refractivity contribution is 5.92. The largest absolute Gasteiger partial charge is 0.379 e. The lowest BCUT2D eigenvalue weighted by molar-refractivity contribution is 0.0398. The maximum absolute atomic E-state index is 12.8. The van der Waals surface area contributed by atoms with Crippen LogP contribution in [0.5, 0.6) is 0 Å². The van der Waals surface area contributed by atoms with Crippen LogP contribution >= 0.6 is 0 Å². The molecule has 2 aromatic heterocycles. The molecule has 3 rings (SSSR count). The number of ether oxygens (including phenoxy) is 1. The van der Waals surface area contributed by atoms with Gasteiger partial charge in [0.2, 0.25) is 5.95 Å². The van der Waals surface area contributed by atoms with Crippen LogP contribution in [0, 0.1) is 6.92 Å². The van der Waals surface area contributed by atoms with Crippen LogP contribution in [0.1, 0.15) is 21.7 Å². The third kappa shape index (κ3) is 5.97. The van der Waals surface area contributed by atoms with Gasteiger partial charge in [-0.2, -0.15) is 0 Å². The predicted molar refractivity (Wildman–Crippen MR) is 107 cm³/mol. The van der Waals surface area contributed by atoms with E-state index in [0.717, 1.165) is 57.1 Å². The number of aromatic nitrogens is 3. The topological polar surface area (TPSA) is 83.5 Å². The Hall–Kier alpha value is -2.58. The first kappa shape index (κ1) is 20.2. The average Bonchev–Trinajstić information content (AvgIpc) is 2.72. The zero-order valence-electron chi connectivity index (χ0n) is 16.6. The minimum atomic E-state index is -0.101. The van der Waals surface area contributed by atoms with E-state index in [2.05, 4.69) is 25.2 Å². The first-order valence-corrected chi connectivity index (χ1v) is 9.66. The van der Waals surface area contributed by atoms with Gasteiger partial charge in [0.25, 0.3) is 5.91 Å². The summed E-state index contributed by atoms with van der Waals surface area (Å²) < 4.78 is 5.36. The number of likely N-dealkylation sites (N-methyl/N-ethyl adjacent to an activating group) is 1. The standard InChI is InChI=1S/C20H28N6O2/c1-16-15-18(19(27)25(2)9-5-17-3-6-21-7-4-17)24-20(23-16)22-8-10-26-11-13-28-14-12-26/h3-4,6-7,15H,5,8-14H2,1-2H3,(H,22,23,24). The number of anilines is 1. The van der Waals surface area contributed by atoms with E-state index in [4.69, 9.17) is 4.74 Å². The molecular formula is C20H28N6O2. The summed E-state index contributed by atoms with van der Waals surface area (Å²) in [6, 6.07) is 5.66. The third-order valence-corrected chi connectivity index (χ3v) is 4.72. The van der Waals surface area contributed by atoms with E-state index < -0.39 is 0 Å². The maximum atomic E-state index is 12.8. The van der Waals surface area contributed by atoms with Gasteiger partial charge in [-0.25, -0.2) is 9.97 Å². The quantitative estimate of drug-likeness (QED) is 0.733. The molecule has 0 radical (unpaired) electrons. The van der Waals surface area contributed by atoms with E-state index in [1.54, 1.807) is 30.4 Å². The number of pyridine rings is 1. The molecule has 1 aliphatic rings. The lowest BCUT2D eigenvalue weighted by atomic mass is 10.2. The van der Waals surface area contributed by atoms with Gasteiger partial charge in [0, 0.05) is 57.9 Å². The van der Waals surface area contributed by atoms with Gasteiger partial charge in [-0.15, -0.1) is 0 Å². The van der Waals surface area contributed by atoms with Gasteiger partial charge in [0.05, 0.1) is 13.2 Å². The van der Waals surface area contributed by atoms with Gasteiger partial charge in [-0.05, 0) is 37.1 Å². The zero-order chi connectivity index (χ0) is 19.8. The summed E-state index contributed by atoms with van der Waals surface area (Å²) in [5.74, 6) is 0.398. The number of carbonyl (C=O) groups excluding carboxylic acids is 1. The maximum Gasteiger partial charge on any atom is 0.272 e. The highest BCUT2D eigenvalue weighted by atomic mass is 16.5. The summed E-state index contributed by atoms with van der Waals surface area (Å²) in [5, 5.41) is 3.24. The Balaban J connectivity index is 1.54. The van der Waals surface area contributed by atoms with Crippen molar-refractivity contribution in [1.29, 1.82) is 0 Å². The van der Waals surface area contributed by atoms with E-state index in [0.29, 0.717) is 18.2 Å². The molecule has 0 unspecified atom stereocenters. The first-order chi connectivity index (χ1) is 13.6. The molecular weight excluding hydrogens is 356 g/mol. The lowest BCUT2D eigenvalue weighted by Crippen LogP contribution is -2.39. The Morgan fingerprint density at radius 2 is 2.00 bits per heavy atom. The summed E-state index contributed by atoms with van der Waals surface area (Å²) in [7, 11) is 1.80. The molecule has 0 atom stereocenters. The number of nitrogens with zero attached hydrogens (tertiary/aromatic N) is 5. The van der Waals surface area contributed by atoms with Crippen molar-refractivity contribution in [3.63, 3.8) is 0 Å². The SMILES string of the molecule is Cc1cc(C(=O)N(C)CCc2ccncc2)nc(NCCN2CCOCC2)n1. The fourth-order valence-corrected chi connectivity index (χ4v) is 3.05. The number of aryl methyl sites for hydroxylation is 1. The molecule has 0 aliphatic carbocycles. The van der Waals surface area contributed by atoms with Crippen molar-refractivity contribution in [2.75, 3.05) is 58.3 Å². The monoisotopic (exact) mass is 384 g/mol. The van der Waals surface area contributed by atoms with Crippen molar-refractivity contribution in [2.45, 2.75) is 13.3 Å². The van der Waals surface area contributed by atoms with E-state index >= 15 is 0 Å². The molecule has 1 aliphatic heterocycles. The number of amides is 1. The van der Waals surface area contributed by atoms with Crippen LogP contribution in [-0.4, -0.2) is 83.6 Å². The Kier molecular flexibility index (Phi) is 7.27. The lowest BCUT2D eigenvalue weighted by Gasteiger charge is -2.26. The minimum absolute atomic E-state index is 0.101. The van der Waals surface area contributed by atoms with Crippen LogP contribution in [0.2, 0.25) is 0 Å². The smallest absolute Gasteiger partial charge is 0.272 e. The molecule has 2 aromatic rings. The van der Waals surface area contributed by atoms with Crippen molar-refractivity contribution < 1.29 is 9.53 Å². The fourth-order valence-electron chi connectivity index (χ4n) is 3.05. The van der Waals surface area contributed by atoms with Gasteiger partial charge < -0.3 is 15.0 Å². The Bertz CT molecular complexity index is 765. The van der Waals surface area contributed by atoms with E-state index in [1.807, 2.05) is 19.1 Å². The Labute approximate surface area is 166 Å². The number of carbonyl (C=O) groups is 1. The van der Waals surface area contributed by atoms with Gasteiger partial charge >= 0.3 is 0 Å². The molecule has 0 spiro atoms. The second-order valence-corrected chi connectivity index (χ2v) is 6.93. The highest BCUT2D eigenvalue weighted by Gasteiger charge is 2.16. The van der Waals surface area contributed by atoms with Crippen molar-refractivity contribution in [3.05, 3.63) is 47.5 Å². The van der Waals surface area contributed by atoms with Crippen molar-refractivity contribution in [2.24, 2.45) is 0 Å². The Morgan fingerprint density at radius 3 is 2.75 bits per heavy atom. The van der Waals surface area contributed by atoms with Gasteiger partial charge in [0.1, 0.15) is 5.69 Å². The van der Waals surface area contributed by atoms with E-state index in [1.165, 1.54) is 0 Å². The first-order valence-electron chi connectivity index (χ1n) is 9.66. The van der Waals surface area contributed by atoms with Crippen molar-refractivity contribution in [3.8, 4) is 0 Å². The Morgan fingerprint density at radius 1 is 1.25 bits per heavy atom. The molecule has 1 amide bonds. The summed E-state index contributed by atoms with van der Waals surface area (Å²) in [6.45, 7) is 7.58. The van der Waals surface area contributed by atoms with Crippen LogP contribution in [-0.2, 0) is 11.2 Å².